The summed E-state index contributed by atoms with van der Waals surface area (Å²) in [5, 5.41) is 0.631. The van der Waals surface area contributed by atoms with E-state index in [0.717, 1.165) is 0 Å². The molecule has 0 N–H and O–H groups in total. The van der Waals surface area contributed by atoms with Crippen LogP contribution in [0.2, 0.25) is 16.6 Å². The minimum Gasteiger partial charge on any atom is -0.481 e. The summed E-state index contributed by atoms with van der Waals surface area (Å²) in [5.41, 5.74) is 5.59. The molecule has 1 aliphatic heterocycles. The molecule has 0 atom stereocenters. The van der Waals surface area contributed by atoms with Gasteiger partial charge in [-0.25, -0.2) is 9.37 Å². The third kappa shape index (κ3) is 4.41. The zero-order chi connectivity index (χ0) is 25.6. The molecule has 184 valence electrons. The normalized spacial score (nSPS) is 17.6. The molecule has 2 heterocycles. The quantitative estimate of drug-likeness (QED) is 0.372. The maximum atomic E-state index is 15.4. The lowest BCUT2D eigenvalue weighted by Gasteiger charge is -2.38. The number of pyridine rings is 1. The van der Waals surface area contributed by atoms with Gasteiger partial charge in [-0.05, 0) is 61.9 Å². The molecule has 1 aromatic carbocycles. The van der Waals surface area contributed by atoms with Crippen molar-refractivity contribution in [1.82, 2.24) is 4.98 Å². The van der Waals surface area contributed by atoms with Crippen LogP contribution in [0.5, 0.6) is 5.88 Å². The van der Waals surface area contributed by atoms with E-state index in [-0.39, 0.29) is 5.82 Å². The van der Waals surface area contributed by atoms with Crippen LogP contribution >= 0.6 is 0 Å². The fourth-order valence-corrected chi connectivity index (χ4v) is 10.5. The lowest BCUT2D eigenvalue weighted by molar-refractivity contribution is 0.00578. The van der Waals surface area contributed by atoms with Crippen LogP contribution in [0.15, 0.2) is 18.2 Å². The molecule has 4 nitrogen and oxygen atoms in total. The van der Waals surface area contributed by atoms with E-state index in [9.17, 15) is 0 Å². The van der Waals surface area contributed by atoms with Gasteiger partial charge < -0.3 is 14.0 Å². The van der Waals surface area contributed by atoms with Gasteiger partial charge >= 0.3 is 7.12 Å². The average Bonchev–Trinajstić information content (AvgIpc) is 2.95. The van der Waals surface area contributed by atoms with Crippen molar-refractivity contribution in [3.8, 4) is 17.3 Å². The summed E-state index contributed by atoms with van der Waals surface area (Å²) in [6.45, 7) is 21.5. The number of rotatable bonds is 5. The Balaban J connectivity index is 2.32. The van der Waals surface area contributed by atoms with Gasteiger partial charge in [0.05, 0.1) is 29.4 Å². The second-order valence-corrected chi connectivity index (χ2v) is 16.9. The van der Waals surface area contributed by atoms with Crippen LogP contribution in [0.25, 0.3) is 10.9 Å². The molecule has 1 saturated heterocycles. The van der Waals surface area contributed by atoms with Gasteiger partial charge in [0.25, 0.3) is 0 Å². The van der Waals surface area contributed by atoms with Gasteiger partial charge in [-0.1, -0.05) is 47.5 Å². The smallest absolute Gasteiger partial charge is 0.481 e. The zero-order valence-corrected chi connectivity index (χ0v) is 23.6. The second kappa shape index (κ2) is 9.29. The minimum absolute atomic E-state index is 0.357. The van der Waals surface area contributed by atoms with Gasteiger partial charge in [-0.3, -0.25) is 0 Å². The predicted molar refractivity (Wildman–Crippen MR) is 142 cm³/mol. The molecule has 7 heteroatoms. The summed E-state index contributed by atoms with van der Waals surface area (Å²) >= 11 is 0. The Morgan fingerprint density at radius 2 is 1.50 bits per heavy atom. The van der Waals surface area contributed by atoms with E-state index >= 15 is 4.39 Å². The molecule has 34 heavy (non-hydrogen) atoms. The van der Waals surface area contributed by atoms with E-state index in [1.807, 2.05) is 27.7 Å². The highest BCUT2D eigenvalue weighted by Crippen LogP contribution is 2.41. The van der Waals surface area contributed by atoms with Crippen molar-refractivity contribution in [1.29, 1.82) is 0 Å². The summed E-state index contributed by atoms with van der Waals surface area (Å²) in [6.07, 6.45) is 0. The highest BCUT2D eigenvalue weighted by atomic mass is 28.3. The first-order valence-corrected chi connectivity index (χ1v) is 14.5. The predicted octanol–water partition coefficient (Wildman–Crippen LogP) is 6.25. The molecule has 0 aliphatic carbocycles. The van der Waals surface area contributed by atoms with Crippen molar-refractivity contribution in [2.45, 2.75) is 97.1 Å². The minimum atomic E-state index is -2.07. The van der Waals surface area contributed by atoms with Crippen molar-refractivity contribution in [2.75, 3.05) is 7.11 Å². The summed E-state index contributed by atoms with van der Waals surface area (Å²) in [7, 11) is -1.19. The van der Waals surface area contributed by atoms with Gasteiger partial charge in [0.15, 0.2) is 0 Å². The van der Waals surface area contributed by atoms with Crippen LogP contribution in [0.3, 0.4) is 0 Å². The maximum absolute atomic E-state index is 15.4. The second-order valence-electron chi connectivity index (χ2n) is 11.3. The van der Waals surface area contributed by atoms with E-state index in [2.05, 4.69) is 58.0 Å². The third-order valence-electron chi connectivity index (χ3n) is 7.92. The molecular formula is C27H39BFNO3Si. The Labute approximate surface area is 206 Å². The Hall–Kier alpha value is -1.88. The van der Waals surface area contributed by atoms with Crippen LogP contribution < -0.4 is 10.2 Å². The Morgan fingerprint density at radius 3 is 1.97 bits per heavy atom. The number of aromatic nitrogens is 1. The first kappa shape index (κ1) is 26.7. The van der Waals surface area contributed by atoms with Crippen molar-refractivity contribution < 1.29 is 18.4 Å². The van der Waals surface area contributed by atoms with E-state index in [4.69, 9.17) is 14.0 Å². The van der Waals surface area contributed by atoms with Gasteiger partial charge in [-0.15, -0.1) is 5.54 Å². The summed E-state index contributed by atoms with van der Waals surface area (Å²) in [5.74, 6) is 3.40. The van der Waals surface area contributed by atoms with Crippen LogP contribution in [0.1, 0.15) is 74.8 Å². The molecular weight excluding hydrogens is 444 g/mol. The molecule has 3 rings (SSSR count). The first-order valence-electron chi connectivity index (χ1n) is 12.2. The maximum Gasteiger partial charge on any atom is 0.495 e. The fourth-order valence-electron chi connectivity index (χ4n) is 5.29. The van der Waals surface area contributed by atoms with Crippen molar-refractivity contribution in [2.24, 2.45) is 0 Å². The monoisotopic (exact) mass is 483 g/mol. The lowest BCUT2D eigenvalue weighted by atomic mass is 9.76. The molecule has 1 aromatic heterocycles. The molecule has 0 radical (unpaired) electrons. The van der Waals surface area contributed by atoms with Gasteiger partial charge in [-0.2, -0.15) is 0 Å². The van der Waals surface area contributed by atoms with Crippen molar-refractivity contribution >= 4 is 31.6 Å². The molecule has 2 aromatic rings. The molecule has 1 aliphatic rings. The first-order chi connectivity index (χ1) is 15.7. The molecule has 0 saturated carbocycles. The fraction of sp³-hybridized carbons (Fsp3) is 0.593. The SMILES string of the molecule is COc1cc(B2OC(C)(C)C(C)(C)O2)c2c(C#C[Si](C(C)C)(C(C)C)C(C)C)c(F)ccc2n1. The third-order valence-corrected chi connectivity index (χ3v) is 14.2. The number of halogens is 1. The molecule has 0 spiro atoms. The van der Waals surface area contributed by atoms with Crippen LogP contribution in [0.4, 0.5) is 4.39 Å². The van der Waals surface area contributed by atoms with Crippen LogP contribution in [0, 0.1) is 17.3 Å². The summed E-state index contributed by atoms with van der Waals surface area (Å²) in [4.78, 5) is 4.59. The number of fused-ring (bicyclic) bond motifs is 1. The average molecular weight is 484 g/mol. The molecule has 0 unspecified atom stereocenters. The van der Waals surface area contributed by atoms with Crippen LogP contribution in [-0.4, -0.2) is 38.5 Å². The highest BCUT2D eigenvalue weighted by Gasteiger charge is 2.52. The summed E-state index contributed by atoms with van der Waals surface area (Å²) in [6, 6.07) is 4.90. The number of benzene rings is 1. The van der Waals surface area contributed by atoms with E-state index < -0.39 is 26.4 Å². The topological polar surface area (TPSA) is 40.6 Å². The van der Waals surface area contributed by atoms with Gasteiger partial charge in [0.1, 0.15) is 13.9 Å². The number of hydrogen-bond acceptors (Lipinski definition) is 4. The van der Waals surface area contributed by atoms with Gasteiger partial charge in [0.2, 0.25) is 5.88 Å². The Morgan fingerprint density at radius 1 is 0.971 bits per heavy atom. The highest BCUT2D eigenvalue weighted by molar-refractivity contribution is 6.90. The Bertz CT molecular complexity index is 1100. The van der Waals surface area contributed by atoms with Crippen molar-refractivity contribution in [3.05, 3.63) is 29.6 Å². The number of ether oxygens (including phenoxy) is 1. The number of methoxy groups -OCH3 is 1. The Kier molecular flexibility index (Phi) is 7.30. The van der Waals surface area contributed by atoms with E-state index in [1.54, 1.807) is 19.2 Å². The standard InChI is InChI=1S/C27H39BFNO3Si/c1-17(2)34(18(3)4,19(5)6)15-14-20-22(29)12-13-23-25(20)21(16-24(30-23)31-11)28-32-26(7,8)27(9,10)33-28/h12-13,16-19H,1-11H3. The molecule has 0 bridgehead atoms. The van der Waals surface area contributed by atoms with Crippen molar-refractivity contribution in [3.63, 3.8) is 0 Å². The van der Waals surface area contributed by atoms with Crippen LogP contribution in [-0.2, 0) is 9.31 Å². The molecule has 0 amide bonds. The summed E-state index contributed by atoms with van der Waals surface area (Å²) < 4.78 is 33.6. The number of nitrogens with zero attached hydrogens (tertiary/aromatic N) is 1. The molecule has 1 fully saturated rings. The largest absolute Gasteiger partial charge is 0.495 e. The lowest BCUT2D eigenvalue weighted by Crippen LogP contribution is -2.43. The van der Waals surface area contributed by atoms with Gasteiger partial charge in [0, 0.05) is 11.5 Å². The van der Waals surface area contributed by atoms with E-state index in [1.165, 1.54) is 6.07 Å². The van der Waals surface area contributed by atoms with E-state index in [0.29, 0.717) is 44.4 Å². The number of hydrogen-bond donors (Lipinski definition) is 0. The zero-order valence-electron chi connectivity index (χ0n) is 22.6.